The van der Waals surface area contributed by atoms with E-state index in [1.807, 2.05) is 18.7 Å². The van der Waals surface area contributed by atoms with Gasteiger partial charge in [-0.1, -0.05) is 18.2 Å². The lowest BCUT2D eigenvalue weighted by Gasteiger charge is -2.36. The first-order valence-corrected chi connectivity index (χ1v) is 9.90. The number of nitrogens with zero attached hydrogens (tertiary/aromatic N) is 3. The number of unbranched alkanes of at least 4 members (excludes halogenated alkanes) is 1. The fourth-order valence-electron chi connectivity index (χ4n) is 4.14. The second kappa shape index (κ2) is 8.95. The largest absolute Gasteiger partial charge is 0.369 e. The van der Waals surface area contributed by atoms with Gasteiger partial charge in [0.1, 0.15) is 12.8 Å². The molecule has 0 spiro atoms. The number of benzene rings is 1. The molecule has 0 saturated carbocycles. The number of hydrogen-bond donors (Lipinski definition) is 0. The molecule has 1 aromatic rings. The van der Waals surface area contributed by atoms with Crippen molar-refractivity contribution < 1.29 is 14.3 Å². The van der Waals surface area contributed by atoms with Crippen molar-refractivity contribution in [3.8, 4) is 0 Å². The van der Waals surface area contributed by atoms with E-state index in [2.05, 4.69) is 40.1 Å². The quantitative estimate of drug-likeness (QED) is 0.393. The van der Waals surface area contributed by atoms with Crippen LogP contribution in [0.5, 0.6) is 0 Å². The average Bonchev–Trinajstić information content (AvgIpc) is 3.00. The Balaban J connectivity index is 1.37. The number of piperazine rings is 1. The molecule has 0 bridgehead atoms. The third kappa shape index (κ3) is 4.94. The molecule has 0 N–H and O–H groups in total. The molecule has 0 aliphatic carbocycles. The first-order chi connectivity index (χ1) is 13.0. The lowest BCUT2D eigenvalue weighted by atomic mass is 9.95. The second-order valence-electron chi connectivity index (χ2n) is 7.98. The zero-order chi connectivity index (χ0) is 19.3. The van der Waals surface area contributed by atoms with Gasteiger partial charge >= 0.3 is 0 Å². The number of ketones is 1. The molecule has 2 aliphatic rings. The number of hydrogen-bond acceptors (Lipinski definition) is 6. The van der Waals surface area contributed by atoms with Crippen molar-refractivity contribution in [1.82, 2.24) is 9.80 Å². The first-order valence-electron chi connectivity index (χ1n) is 9.90. The highest BCUT2D eigenvalue weighted by Gasteiger charge is 2.45. The number of ether oxygens (including phenoxy) is 1. The summed E-state index contributed by atoms with van der Waals surface area (Å²) in [6.45, 7) is 10.3. The number of para-hydroxylation sites is 1. The second-order valence-corrected chi connectivity index (χ2v) is 7.98. The number of aldehydes is 1. The Kier molecular flexibility index (Phi) is 6.63. The summed E-state index contributed by atoms with van der Waals surface area (Å²) in [4.78, 5) is 29.9. The SMILES string of the molecule is CC1(C)OCN(CCCCN2CCN(c3ccccc3)CC2)C1C(=O)C=O. The van der Waals surface area contributed by atoms with Gasteiger partial charge in [0, 0.05) is 38.4 Å². The predicted molar refractivity (Wildman–Crippen MR) is 106 cm³/mol. The van der Waals surface area contributed by atoms with Crippen molar-refractivity contribution in [2.24, 2.45) is 0 Å². The summed E-state index contributed by atoms with van der Waals surface area (Å²) in [7, 11) is 0. The standard InChI is InChI=1S/C21H31N3O3/c1-21(2)20(19(26)16-25)24(17-27-21)11-7-6-10-22-12-14-23(15-13-22)18-8-4-3-5-9-18/h3-5,8-9,16,20H,6-7,10-15,17H2,1-2H3. The molecule has 6 heteroatoms. The molecule has 2 saturated heterocycles. The lowest BCUT2D eigenvalue weighted by Crippen LogP contribution is -2.48. The van der Waals surface area contributed by atoms with Gasteiger partial charge in [-0.05, 0) is 45.4 Å². The first kappa shape index (κ1) is 20.0. The molecule has 27 heavy (non-hydrogen) atoms. The van der Waals surface area contributed by atoms with E-state index in [1.54, 1.807) is 0 Å². The maximum Gasteiger partial charge on any atom is 0.215 e. The smallest absolute Gasteiger partial charge is 0.215 e. The van der Waals surface area contributed by atoms with Gasteiger partial charge in [0.2, 0.25) is 5.78 Å². The molecular weight excluding hydrogens is 342 g/mol. The van der Waals surface area contributed by atoms with E-state index < -0.39 is 11.6 Å². The molecule has 1 aromatic carbocycles. The summed E-state index contributed by atoms with van der Waals surface area (Å²) in [5, 5.41) is 0. The molecule has 3 rings (SSSR count). The van der Waals surface area contributed by atoms with Crippen LogP contribution in [0.25, 0.3) is 0 Å². The Labute approximate surface area is 162 Å². The molecule has 2 fully saturated rings. The fourth-order valence-corrected chi connectivity index (χ4v) is 4.14. The van der Waals surface area contributed by atoms with Gasteiger partial charge in [0.05, 0.1) is 5.60 Å². The Morgan fingerprint density at radius 2 is 1.78 bits per heavy atom. The van der Waals surface area contributed by atoms with Crippen LogP contribution in [0.15, 0.2) is 30.3 Å². The molecule has 2 aliphatic heterocycles. The monoisotopic (exact) mass is 373 g/mol. The molecule has 0 aromatic heterocycles. The van der Waals surface area contributed by atoms with E-state index in [9.17, 15) is 9.59 Å². The average molecular weight is 373 g/mol. The van der Waals surface area contributed by atoms with E-state index >= 15 is 0 Å². The van der Waals surface area contributed by atoms with E-state index in [4.69, 9.17) is 4.74 Å². The highest BCUT2D eigenvalue weighted by atomic mass is 16.5. The van der Waals surface area contributed by atoms with Gasteiger partial charge in [-0.3, -0.25) is 19.4 Å². The van der Waals surface area contributed by atoms with Gasteiger partial charge in [0.25, 0.3) is 0 Å². The lowest BCUT2D eigenvalue weighted by molar-refractivity contribution is -0.134. The Morgan fingerprint density at radius 3 is 2.44 bits per heavy atom. The van der Waals surface area contributed by atoms with Crippen LogP contribution in [0.3, 0.4) is 0 Å². The summed E-state index contributed by atoms with van der Waals surface area (Å²) in [5.74, 6) is -0.380. The van der Waals surface area contributed by atoms with E-state index in [0.29, 0.717) is 13.0 Å². The summed E-state index contributed by atoms with van der Waals surface area (Å²) in [6.07, 6.45) is 2.52. The highest BCUT2D eigenvalue weighted by molar-refractivity contribution is 6.27. The maximum atomic E-state index is 12.0. The van der Waals surface area contributed by atoms with Gasteiger partial charge in [-0.25, -0.2) is 0 Å². The Bertz CT molecular complexity index is 627. The highest BCUT2D eigenvalue weighted by Crippen LogP contribution is 2.28. The fraction of sp³-hybridized carbons (Fsp3) is 0.619. The van der Waals surface area contributed by atoms with Crippen LogP contribution in [0.1, 0.15) is 26.7 Å². The van der Waals surface area contributed by atoms with Crippen LogP contribution < -0.4 is 4.90 Å². The van der Waals surface area contributed by atoms with Crippen LogP contribution in [0.4, 0.5) is 5.69 Å². The maximum absolute atomic E-state index is 12.0. The molecular formula is C21H31N3O3. The third-order valence-corrected chi connectivity index (χ3v) is 5.67. The van der Waals surface area contributed by atoms with Gasteiger partial charge in [0.15, 0.2) is 6.29 Å². The Hall–Kier alpha value is -1.76. The van der Waals surface area contributed by atoms with Crippen LogP contribution >= 0.6 is 0 Å². The van der Waals surface area contributed by atoms with E-state index in [0.717, 1.165) is 52.1 Å². The minimum atomic E-state index is -0.592. The molecule has 1 unspecified atom stereocenters. The van der Waals surface area contributed by atoms with Crippen LogP contribution in [-0.2, 0) is 14.3 Å². The van der Waals surface area contributed by atoms with E-state index in [1.165, 1.54) is 5.69 Å². The van der Waals surface area contributed by atoms with Crippen molar-refractivity contribution in [2.75, 3.05) is 50.9 Å². The van der Waals surface area contributed by atoms with Gasteiger partial charge in [-0.2, -0.15) is 0 Å². The summed E-state index contributed by atoms with van der Waals surface area (Å²) < 4.78 is 5.72. The molecule has 0 amide bonds. The van der Waals surface area contributed by atoms with Crippen molar-refractivity contribution in [3.05, 3.63) is 30.3 Å². The van der Waals surface area contributed by atoms with Crippen molar-refractivity contribution in [2.45, 2.75) is 38.3 Å². The predicted octanol–water partition coefficient (Wildman–Crippen LogP) is 1.79. The van der Waals surface area contributed by atoms with Crippen LogP contribution in [-0.4, -0.2) is 79.5 Å². The third-order valence-electron chi connectivity index (χ3n) is 5.67. The number of Topliss-reactive ketones (excluding diaryl/α,β-unsaturated/α-hetero) is 1. The molecule has 2 heterocycles. The number of rotatable bonds is 8. The van der Waals surface area contributed by atoms with Gasteiger partial charge in [-0.15, -0.1) is 0 Å². The normalized spacial score (nSPS) is 23.5. The van der Waals surface area contributed by atoms with E-state index in [-0.39, 0.29) is 5.78 Å². The Morgan fingerprint density at radius 1 is 1.11 bits per heavy atom. The zero-order valence-electron chi connectivity index (χ0n) is 16.5. The van der Waals surface area contributed by atoms with Crippen molar-refractivity contribution >= 4 is 17.8 Å². The molecule has 6 nitrogen and oxygen atoms in total. The topological polar surface area (TPSA) is 53.1 Å². The summed E-state index contributed by atoms with van der Waals surface area (Å²) in [5.41, 5.74) is 0.714. The van der Waals surface area contributed by atoms with Crippen molar-refractivity contribution in [3.63, 3.8) is 0 Å². The number of carbonyl (C=O) groups is 2. The minimum absolute atomic E-state index is 0.380. The number of anilines is 1. The molecule has 1 atom stereocenters. The molecule has 148 valence electrons. The molecule has 0 radical (unpaired) electrons. The zero-order valence-corrected chi connectivity index (χ0v) is 16.5. The van der Waals surface area contributed by atoms with Gasteiger partial charge < -0.3 is 9.64 Å². The summed E-state index contributed by atoms with van der Waals surface area (Å²) >= 11 is 0. The minimum Gasteiger partial charge on any atom is -0.369 e. The number of carbonyl (C=O) groups excluding carboxylic acids is 2. The van der Waals surface area contributed by atoms with Crippen LogP contribution in [0.2, 0.25) is 0 Å². The van der Waals surface area contributed by atoms with Crippen LogP contribution in [0, 0.1) is 0 Å². The summed E-state index contributed by atoms with van der Waals surface area (Å²) in [6, 6.07) is 10.1. The van der Waals surface area contributed by atoms with Crippen molar-refractivity contribution in [1.29, 1.82) is 0 Å².